The lowest BCUT2D eigenvalue weighted by atomic mass is 10.2. The Labute approximate surface area is 126 Å². The van der Waals surface area contributed by atoms with Crippen molar-refractivity contribution in [3.05, 3.63) is 40.9 Å². The predicted molar refractivity (Wildman–Crippen MR) is 82.2 cm³/mol. The van der Waals surface area contributed by atoms with Crippen molar-refractivity contribution < 1.29 is 14.7 Å². The summed E-state index contributed by atoms with van der Waals surface area (Å²) >= 11 is 3.16. The van der Waals surface area contributed by atoms with Gasteiger partial charge in [0.2, 0.25) is 0 Å². The van der Waals surface area contributed by atoms with E-state index >= 15 is 0 Å². The molecule has 0 spiro atoms. The normalized spacial score (nSPS) is 9.90. The minimum absolute atomic E-state index is 0.112. The van der Waals surface area contributed by atoms with E-state index in [9.17, 15) is 9.59 Å². The summed E-state index contributed by atoms with van der Waals surface area (Å²) in [6.07, 6.45) is -0.114. The highest BCUT2D eigenvalue weighted by Gasteiger charge is 2.18. The number of nitrogens with one attached hydrogen (secondary N) is 1. The third-order valence-corrected chi connectivity index (χ3v) is 2.91. The molecule has 0 atom stereocenters. The minimum Gasteiger partial charge on any atom is -0.481 e. The molecule has 0 saturated heterocycles. The van der Waals surface area contributed by atoms with E-state index in [1.165, 1.54) is 4.90 Å². The van der Waals surface area contributed by atoms with Crippen LogP contribution in [0.4, 0.5) is 10.5 Å². The molecule has 5 nitrogen and oxygen atoms in total. The van der Waals surface area contributed by atoms with Gasteiger partial charge in [0.15, 0.2) is 0 Å². The number of benzene rings is 1. The summed E-state index contributed by atoms with van der Waals surface area (Å²) in [5, 5.41) is 11.5. The van der Waals surface area contributed by atoms with Crippen molar-refractivity contribution in [2.45, 2.75) is 13.3 Å². The van der Waals surface area contributed by atoms with Crippen molar-refractivity contribution in [1.82, 2.24) is 5.32 Å². The zero-order valence-electron chi connectivity index (χ0n) is 11.2. The zero-order chi connectivity index (χ0) is 15.1. The van der Waals surface area contributed by atoms with Crippen LogP contribution < -0.4 is 10.2 Å². The van der Waals surface area contributed by atoms with Gasteiger partial charge in [-0.25, -0.2) is 4.79 Å². The van der Waals surface area contributed by atoms with Crippen molar-refractivity contribution in [2.75, 3.05) is 18.0 Å². The number of carboxylic acid groups (broad SMARTS) is 1. The van der Waals surface area contributed by atoms with E-state index in [2.05, 4.69) is 27.8 Å². The molecule has 0 fully saturated rings. The number of carboxylic acids is 1. The van der Waals surface area contributed by atoms with Crippen molar-refractivity contribution in [3.8, 4) is 0 Å². The molecule has 2 amide bonds. The summed E-state index contributed by atoms with van der Waals surface area (Å²) in [7, 11) is 0. The van der Waals surface area contributed by atoms with Gasteiger partial charge in [-0.1, -0.05) is 40.7 Å². The summed E-state index contributed by atoms with van der Waals surface area (Å²) in [5.74, 6) is -0.943. The Morgan fingerprint density at radius 2 is 2.05 bits per heavy atom. The molecule has 108 valence electrons. The molecule has 1 rings (SSSR count). The average molecular weight is 341 g/mol. The molecule has 0 aliphatic rings. The van der Waals surface area contributed by atoms with Crippen LogP contribution in [0.1, 0.15) is 12.0 Å². The van der Waals surface area contributed by atoms with Crippen LogP contribution in [0.3, 0.4) is 0 Å². The second kappa shape index (κ2) is 7.69. The first kappa shape index (κ1) is 16.2. The molecule has 0 radical (unpaired) electrons. The molecular weight excluding hydrogens is 324 g/mol. The predicted octanol–water partition coefficient (Wildman–Crippen LogP) is 2.89. The number of hydrogen-bond donors (Lipinski definition) is 2. The van der Waals surface area contributed by atoms with E-state index < -0.39 is 5.97 Å². The van der Waals surface area contributed by atoms with Gasteiger partial charge in [0.25, 0.3) is 0 Å². The lowest BCUT2D eigenvalue weighted by Crippen LogP contribution is -2.42. The van der Waals surface area contributed by atoms with E-state index in [-0.39, 0.29) is 25.5 Å². The van der Waals surface area contributed by atoms with Crippen LogP contribution >= 0.6 is 15.9 Å². The molecule has 0 aliphatic carbocycles. The third kappa shape index (κ3) is 5.05. The van der Waals surface area contributed by atoms with Crippen LogP contribution in [0.15, 0.2) is 35.3 Å². The van der Waals surface area contributed by atoms with Gasteiger partial charge in [-0.2, -0.15) is 0 Å². The fraction of sp³-hybridized carbons (Fsp3) is 0.286. The Hall–Kier alpha value is -1.82. The van der Waals surface area contributed by atoms with E-state index in [1.807, 2.05) is 25.1 Å². The van der Waals surface area contributed by atoms with Gasteiger partial charge in [0, 0.05) is 16.7 Å². The number of halogens is 1. The van der Waals surface area contributed by atoms with Crippen molar-refractivity contribution in [2.24, 2.45) is 0 Å². The van der Waals surface area contributed by atoms with Crippen LogP contribution in [-0.2, 0) is 4.79 Å². The number of aryl methyl sites for hydroxylation is 1. The fourth-order valence-electron chi connectivity index (χ4n) is 1.67. The number of para-hydroxylation sites is 1. The Balaban J connectivity index is 2.90. The van der Waals surface area contributed by atoms with Gasteiger partial charge in [-0.05, 0) is 18.6 Å². The highest BCUT2D eigenvalue weighted by molar-refractivity contribution is 9.11. The maximum atomic E-state index is 12.2. The summed E-state index contributed by atoms with van der Waals surface area (Å²) in [4.78, 5) is 24.3. The Kier molecular flexibility index (Phi) is 6.24. The molecular formula is C14H17BrN2O3. The minimum atomic E-state index is -0.943. The number of anilines is 1. The van der Waals surface area contributed by atoms with E-state index in [0.717, 1.165) is 5.56 Å². The van der Waals surface area contributed by atoms with Crippen LogP contribution in [0.2, 0.25) is 0 Å². The highest BCUT2D eigenvalue weighted by atomic mass is 79.9. The number of rotatable bonds is 6. The zero-order valence-corrected chi connectivity index (χ0v) is 12.8. The van der Waals surface area contributed by atoms with Crippen LogP contribution in [-0.4, -0.2) is 30.2 Å². The Bertz CT molecular complexity index is 517. The molecule has 0 aromatic heterocycles. The van der Waals surface area contributed by atoms with Gasteiger partial charge >= 0.3 is 12.0 Å². The number of carbonyl (C=O) groups excluding carboxylic acids is 1. The van der Waals surface area contributed by atoms with Crippen LogP contribution in [0, 0.1) is 6.92 Å². The largest absolute Gasteiger partial charge is 0.481 e. The fourth-order valence-corrected chi connectivity index (χ4v) is 1.81. The lowest BCUT2D eigenvalue weighted by Gasteiger charge is -2.24. The number of amides is 2. The van der Waals surface area contributed by atoms with Gasteiger partial charge < -0.3 is 10.4 Å². The third-order valence-electron chi connectivity index (χ3n) is 2.63. The Morgan fingerprint density at radius 3 is 2.60 bits per heavy atom. The number of aliphatic carboxylic acids is 1. The van der Waals surface area contributed by atoms with Crippen LogP contribution in [0.5, 0.6) is 0 Å². The molecule has 1 aromatic carbocycles. The first-order valence-electron chi connectivity index (χ1n) is 6.08. The maximum Gasteiger partial charge on any atom is 0.322 e. The Morgan fingerprint density at radius 1 is 1.40 bits per heavy atom. The van der Waals surface area contributed by atoms with Gasteiger partial charge in [-0.3, -0.25) is 9.69 Å². The average Bonchev–Trinajstić information content (AvgIpc) is 2.38. The summed E-state index contributed by atoms with van der Waals surface area (Å²) in [6, 6.07) is 7.00. The number of hydrogen-bond acceptors (Lipinski definition) is 2. The first-order valence-corrected chi connectivity index (χ1v) is 6.87. The quantitative estimate of drug-likeness (QED) is 0.836. The topological polar surface area (TPSA) is 69.6 Å². The molecule has 0 saturated carbocycles. The molecule has 1 aromatic rings. The van der Waals surface area contributed by atoms with Gasteiger partial charge in [0.1, 0.15) is 0 Å². The van der Waals surface area contributed by atoms with E-state index in [1.54, 1.807) is 6.07 Å². The SMILES string of the molecule is C=C(Br)CNC(=O)N(CCC(=O)O)c1ccccc1C. The monoisotopic (exact) mass is 340 g/mol. The summed E-state index contributed by atoms with van der Waals surface area (Å²) < 4.78 is 0.647. The van der Waals surface area contributed by atoms with Crippen molar-refractivity contribution >= 4 is 33.6 Å². The molecule has 0 heterocycles. The highest BCUT2D eigenvalue weighted by Crippen LogP contribution is 2.19. The first-order chi connectivity index (χ1) is 9.41. The number of nitrogens with zero attached hydrogens (tertiary/aromatic N) is 1. The standard InChI is InChI=1S/C14H17BrN2O3/c1-10-5-3-4-6-12(10)17(8-7-13(18)19)14(20)16-9-11(2)15/h3-6H,2,7-9H2,1H3,(H,16,20)(H,18,19). The molecule has 0 bridgehead atoms. The second-order valence-corrected chi connectivity index (χ2v) is 5.38. The van der Waals surface area contributed by atoms with Crippen molar-refractivity contribution in [3.63, 3.8) is 0 Å². The summed E-state index contributed by atoms with van der Waals surface area (Å²) in [5.41, 5.74) is 1.61. The smallest absolute Gasteiger partial charge is 0.322 e. The van der Waals surface area contributed by atoms with Crippen LogP contribution in [0.25, 0.3) is 0 Å². The summed E-state index contributed by atoms with van der Waals surface area (Å²) in [6.45, 7) is 5.91. The molecule has 0 unspecified atom stereocenters. The maximum absolute atomic E-state index is 12.2. The second-order valence-electron chi connectivity index (χ2n) is 4.26. The molecule has 0 aliphatic heterocycles. The molecule has 2 N–H and O–H groups in total. The van der Waals surface area contributed by atoms with Gasteiger partial charge in [0.05, 0.1) is 13.0 Å². The number of urea groups is 1. The van der Waals surface area contributed by atoms with Gasteiger partial charge in [-0.15, -0.1) is 0 Å². The van der Waals surface area contributed by atoms with Crippen molar-refractivity contribution in [1.29, 1.82) is 0 Å². The molecule has 20 heavy (non-hydrogen) atoms. The van der Waals surface area contributed by atoms with E-state index in [0.29, 0.717) is 10.2 Å². The molecule has 6 heteroatoms. The van der Waals surface area contributed by atoms with E-state index in [4.69, 9.17) is 5.11 Å². The number of carbonyl (C=O) groups is 2. The lowest BCUT2D eigenvalue weighted by molar-refractivity contribution is -0.136.